The lowest BCUT2D eigenvalue weighted by Gasteiger charge is -2.24. The first-order valence-electron chi connectivity index (χ1n) is 6.09. The Morgan fingerprint density at radius 1 is 1.56 bits per heavy atom. The van der Waals surface area contributed by atoms with Crippen molar-refractivity contribution in [3.8, 4) is 0 Å². The smallest absolute Gasteiger partial charge is 0.233 e. The fourth-order valence-electron chi connectivity index (χ4n) is 2.01. The van der Waals surface area contributed by atoms with Gasteiger partial charge in [-0.1, -0.05) is 19.1 Å². The zero-order valence-electron chi connectivity index (χ0n) is 10.4. The van der Waals surface area contributed by atoms with E-state index in [0.717, 1.165) is 18.7 Å². The molecule has 0 bridgehead atoms. The second-order valence-corrected chi connectivity index (χ2v) is 5.23. The molecule has 1 aromatic rings. The Labute approximate surface area is 111 Å². The zero-order valence-corrected chi connectivity index (χ0v) is 11.2. The van der Waals surface area contributed by atoms with Gasteiger partial charge in [-0.15, -0.1) is 11.8 Å². The molecule has 0 aromatic heterocycles. The Bertz CT molecular complexity index is 427. The lowest BCUT2D eigenvalue weighted by atomic mass is 10.2. The molecule has 1 atom stereocenters. The number of nitrogens with one attached hydrogen (secondary N) is 1. The van der Waals surface area contributed by atoms with E-state index < -0.39 is 0 Å². The van der Waals surface area contributed by atoms with Gasteiger partial charge in [0.2, 0.25) is 5.91 Å². The normalized spacial score (nSPS) is 19.6. The molecule has 5 heteroatoms. The molecule has 2 rings (SSSR count). The molecule has 0 saturated carbocycles. The SMILES string of the molecule is CCNCCN1C(=O)CSC1c1cccc(F)c1. The van der Waals surface area contributed by atoms with Gasteiger partial charge >= 0.3 is 0 Å². The first kappa shape index (κ1) is 13.4. The van der Waals surface area contributed by atoms with E-state index in [1.54, 1.807) is 17.8 Å². The van der Waals surface area contributed by atoms with Crippen molar-refractivity contribution < 1.29 is 9.18 Å². The van der Waals surface area contributed by atoms with Crippen LogP contribution in [0.25, 0.3) is 0 Å². The van der Waals surface area contributed by atoms with Gasteiger partial charge in [0.1, 0.15) is 11.2 Å². The number of amides is 1. The van der Waals surface area contributed by atoms with Crippen molar-refractivity contribution in [1.29, 1.82) is 0 Å². The highest BCUT2D eigenvalue weighted by Crippen LogP contribution is 2.38. The van der Waals surface area contributed by atoms with Crippen LogP contribution < -0.4 is 5.32 Å². The molecule has 1 amide bonds. The predicted octanol–water partition coefficient (Wildman–Crippen LogP) is 2.01. The lowest BCUT2D eigenvalue weighted by Crippen LogP contribution is -2.35. The van der Waals surface area contributed by atoms with E-state index >= 15 is 0 Å². The van der Waals surface area contributed by atoms with Gasteiger partial charge in [-0.25, -0.2) is 4.39 Å². The fraction of sp³-hybridized carbons (Fsp3) is 0.462. The molecule has 1 unspecified atom stereocenters. The number of carbonyl (C=O) groups is 1. The molecule has 0 aliphatic carbocycles. The van der Waals surface area contributed by atoms with E-state index in [4.69, 9.17) is 0 Å². The van der Waals surface area contributed by atoms with Crippen molar-refractivity contribution in [2.75, 3.05) is 25.4 Å². The molecular formula is C13H17FN2OS. The van der Waals surface area contributed by atoms with Crippen molar-refractivity contribution in [3.63, 3.8) is 0 Å². The number of halogens is 1. The number of hydrogen-bond acceptors (Lipinski definition) is 3. The highest BCUT2D eigenvalue weighted by molar-refractivity contribution is 8.00. The summed E-state index contributed by atoms with van der Waals surface area (Å²) in [5, 5.41) is 3.15. The standard InChI is InChI=1S/C13H17FN2OS/c1-2-15-6-7-16-12(17)9-18-13(16)10-4-3-5-11(14)8-10/h3-5,8,13,15H,2,6-7,9H2,1H3. The maximum atomic E-state index is 13.2. The minimum atomic E-state index is -0.251. The van der Waals surface area contributed by atoms with Crippen LogP contribution in [0.3, 0.4) is 0 Å². The summed E-state index contributed by atoms with van der Waals surface area (Å²) in [7, 11) is 0. The second-order valence-electron chi connectivity index (χ2n) is 4.16. The predicted molar refractivity (Wildman–Crippen MR) is 71.9 cm³/mol. The number of nitrogens with zero attached hydrogens (tertiary/aromatic N) is 1. The zero-order chi connectivity index (χ0) is 13.0. The van der Waals surface area contributed by atoms with Crippen LogP contribution in [-0.4, -0.2) is 36.2 Å². The van der Waals surface area contributed by atoms with E-state index in [1.807, 2.05) is 17.9 Å². The summed E-state index contributed by atoms with van der Waals surface area (Å²) in [6, 6.07) is 6.50. The summed E-state index contributed by atoms with van der Waals surface area (Å²) in [6.45, 7) is 4.36. The van der Waals surface area contributed by atoms with Crippen LogP contribution in [0.1, 0.15) is 17.9 Å². The molecule has 1 aliphatic heterocycles. The molecule has 1 fully saturated rings. The average molecular weight is 268 g/mol. The summed E-state index contributed by atoms with van der Waals surface area (Å²) in [6.07, 6.45) is 0. The Morgan fingerprint density at radius 2 is 2.39 bits per heavy atom. The van der Waals surface area contributed by atoms with Gasteiger partial charge in [-0.3, -0.25) is 4.79 Å². The van der Waals surface area contributed by atoms with Gasteiger partial charge in [0, 0.05) is 13.1 Å². The lowest BCUT2D eigenvalue weighted by molar-refractivity contribution is -0.128. The van der Waals surface area contributed by atoms with Crippen LogP contribution in [0.5, 0.6) is 0 Å². The molecule has 1 aliphatic rings. The third kappa shape index (κ3) is 3.03. The number of rotatable bonds is 5. The molecule has 3 nitrogen and oxygen atoms in total. The van der Waals surface area contributed by atoms with E-state index in [1.165, 1.54) is 12.1 Å². The highest BCUT2D eigenvalue weighted by atomic mass is 32.2. The summed E-state index contributed by atoms with van der Waals surface area (Å²) in [5.41, 5.74) is 0.863. The van der Waals surface area contributed by atoms with Crippen LogP contribution >= 0.6 is 11.8 Å². The molecule has 1 heterocycles. The Morgan fingerprint density at radius 3 is 3.11 bits per heavy atom. The summed E-state index contributed by atoms with van der Waals surface area (Å²) in [4.78, 5) is 13.6. The van der Waals surface area contributed by atoms with Gasteiger partial charge in [0.15, 0.2) is 0 Å². The van der Waals surface area contributed by atoms with Crippen LogP contribution in [0.4, 0.5) is 4.39 Å². The van der Waals surface area contributed by atoms with Crippen LogP contribution in [0.2, 0.25) is 0 Å². The minimum absolute atomic E-state index is 0.0492. The van der Waals surface area contributed by atoms with Crippen molar-refractivity contribution in [3.05, 3.63) is 35.6 Å². The van der Waals surface area contributed by atoms with E-state index in [-0.39, 0.29) is 17.1 Å². The first-order chi connectivity index (χ1) is 8.72. The van der Waals surface area contributed by atoms with Gasteiger partial charge in [-0.2, -0.15) is 0 Å². The topological polar surface area (TPSA) is 32.3 Å². The highest BCUT2D eigenvalue weighted by Gasteiger charge is 2.32. The fourth-order valence-corrected chi connectivity index (χ4v) is 3.22. The molecule has 1 aromatic carbocycles. The van der Waals surface area contributed by atoms with Gasteiger partial charge < -0.3 is 10.2 Å². The van der Waals surface area contributed by atoms with Crippen LogP contribution in [0, 0.1) is 5.82 Å². The molecule has 1 N–H and O–H groups in total. The summed E-state index contributed by atoms with van der Waals surface area (Å²) >= 11 is 1.56. The van der Waals surface area contributed by atoms with E-state index in [0.29, 0.717) is 12.3 Å². The van der Waals surface area contributed by atoms with Crippen LogP contribution in [0.15, 0.2) is 24.3 Å². The van der Waals surface area contributed by atoms with Gasteiger partial charge in [0.05, 0.1) is 5.75 Å². The van der Waals surface area contributed by atoms with E-state index in [2.05, 4.69) is 5.32 Å². The minimum Gasteiger partial charge on any atom is -0.325 e. The van der Waals surface area contributed by atoms with Crippen LogP contribution in [-0.2, 0) is 4.79 Å². The van der Waals surface area contributed by atoms with Crippen molar-refractivity contribution >= 4 is 17.7 Å². The summed E-state index contributed by atoms with van der Waals surface area (Å²) in [5.74, 6) is 0.360. The quantitative estimate of drug-likeness (QED) is 0.829. The maximum Gasteiger partial charge on any atom is 0.233 e. The number of hydrogen-bond donors (Lipinski definition) is 1. The molecular weight excluding hydrogens is 251 g/mol. The Hall–Kier alpha value is -1.07. The molecule has 0 radical (unpaired) electrons. The monoisotopic (exact) mass is 268 g/mol. The number of carbonyl (C=O) groups excluding carboxylic acids is 1. The third-order valence-corrected chi connectivity index (χ3v) is 4.14. The van der Waals surface area contributed by atoms with Crippen molar-refractivity contribution in [2.45, 2.75) is 12.3 Å². The number of benzene rings is 1. The Kier molecular flexibility index (Phi) is 4.60. The molecule has 0 spiro atoms. The Balaban J connectivity index is 2.08. The third-order valence-electron chi connectivity index (χ3n) is 2.88. The molecule has 98 valence electrons. The average Bonchev–Trinajstić information content (AvgIpc) is 2.72. The van der Waals surface area contributed by atoms with Gasteiger partial charge in [-0.05, 0) is 24.2 Å². The number of thioether (sulfide) groups is 1. The largest absolute Gasteiger partial charge is 0.325 e. The molecule has 18 heavy (non-hydrogen) atoms. The maximum absolute atomic E-state index is 13.2. The van der Waals surface area contributed by atoms with Gasteiger partial charge in [0.25, 0.3) is 0 Å². The summed E-state index contributed by atoms with van der Waals surface area (Å²) < 4.78 is 13.2. The van der Waals surface area contributed by atoms with E-state index in [9.17, 15) is 9.18 Å². The first-order valence-corrected chi connectivity index (χ1v) is 7.14. The van der Waals surface area contributed by atoms with Crippen molar-refractivity contribution in [2.24, 2.45) is 0 Å². The van der Waals surface area contributed by atoms with Crippen molar-refractivity contribution in [1.82, 2.24) is 10.2 Å². The second kappa shape index (κ2) is 6.20. The number of likely N-dealkylation sites (N-methyl/N-ethyl adjacent to an activating group) is 1. The molecule has 1 saturated heterocycles.